The van der Waals surface area contributed by atoms with E-state index in [-0.39, 0.29) is 24.0 Å². The lowest BCUT2D eigenvalue weighted by atomic mass is 10.2. The van der Waals surface area contributed by atoms with Crippen LogP contribution in [0.25, 0.3) is 0 Å². The number of thioether (sulfide) groups is 1. The molecule has 2 aliphatic rings. The molecular weight excluding hydrogens is 405 g/mol. The Kier molecular flexibility index (Phi) is 6.62. The first-order chi connectivity index (χ1) is 10.3. The Hall–Kier alpha value is -0.690. The molecule has 5 heteroatoms. The van der Waals surface area contributed by atoms with Gasteiger partial charge < -0.3 is 10.6 Å². The molecule has 0 aliphatic heterocycles. The summed E-state index contributed by atoms with van der Waals surface area (Å²) in [7, 11) is 1.85. The van der Waals surface area contributed by atoms with E-state index >= 15 is 0 Å². The van der Waals surface area contributed by atoms with Gasteiger partial charge in [0, 0.05) is 29.3 Å². The second kappa shape index (κ2) is 8.24. The van der Waals surface area contributed by atoms with Crippen molar-refractivity contribution >= 4 is 41.7 Å². The summed E-state index contributed by atoms with van der Waals surface area (Å²) in [4.78, 5) is 5.71. The summed E-state index contributed by atoms with van der Waals surface area (Å²) >= 11 is 1.99. The third kappa shape index (κ3) is 4.91. The SMILES string of the molecule is CN=C(NCC1(Sc2ccccc2)CC1)NC1CC=CC1.I. The highest BCUT2D eigenvalue weighted by Gasteiger charge is 2.43. The minimum atomic E-state index is 0. The molecule has 2 N–H and O–H groups in total. The number of nitrogens with one attached hydrogen (secondary N) is 2. The molecular formula is C17H24IN3S. The summed E-state index contributed by atoms with van der Waals surface area (Å²) < 4.78 is 0.354. The van der Waals surface area contributed by atoms with Crippen LogP contribution in [0.4, 0.5) is 0 Å². The second-order valence-electron chi connectivity index (χ2n) is 5.81. The number of nitrogens with zero attached hydrogens (tertiary/aromatic N) is 1. The summed E-state index contributed by atoms with van der Waals surface area (Å²) in [6.45, 7) is 0.979. The smallest absolute Gasteiger partial charge is 0.191 e. The summed E-state index contributed by atoms with van der Waals surface area (Å²) in [6.07, 6.45) is 9.23. The van der Waals surface area contributed by atoms with E-state index in [0.29, 0.717) is 10.8 Å². The van der Waals surface area contributed by atoms with E-state index in [9.17, 15) is 0 Å². The Balaban J connectivity index is 0.00000176. The van der Waals surface area contributed by atoms with Gasteiger partial charge in [0.1, 0.15) is 0 Å². The van der Waals surface area contributed by atoms with Gasteiger partial charge >= 0.3 is 0 Å². The fourth-order valence-corrected chi connectivity index (χ4v) is 3.80. The van der Waals surface area contributed by atoms with Gasteiger partial charge in [0.25, 0.3) is 0 Å². The Morgan fingerprint density at radius 1 is 1.23 bits per heavy atom. The van der Waals surface area contributed by atoms with E-state index in [1.54, 1.807) is 0 Å². The monoisotopic (exact) mass is 429 g/mol. The third-order valence-corrected chi connectivity index (χ3v) is 5.53. The molecule has 1 aromatic rings. The molecule has 0 saturated heterocycles. The summed E-state index contributed by atoms with van der Waals surface area (Å²) in [5.74, 6) is 0.934. The lowest BCUT2D eigenvalue weighted by Crippen LogP contribution is -2.45. The lowest BCUT2D eigenvalue weighted by Gasteiger charge is -2.20. The van der Waals surface area contributed by atoms with Gasteiger partial charge in [-0.1, -0.05) is 30.4 Å². The predicted octanol–water partition coefficient (Wildman–Crippen LogP) is 3.81. The molecule has 2 aliphatic carbocycles. The molecule has 0 spiro atoms. The van der Waals surface area contributed by atoms with Crippen molar-refractivity contribution in [3.8, 4) is 0 Å². The third-order valence-electron chi connectivity index (χ3n) is 4.04. The fourth-order valence-electron chi connectivity index (χ4n) is 2.56. The highest BCUT2D eigenvalue weighted by atomic mass is 127. The van der Waals surface area contributed by atoms with Gasteiger partial charge in [-0.3, -0.25) is 4.99 Å². The van der Waals surface area contributed by atoms with Crippen molar-refractivity contribution in [3.05, 3.63) is 42.5 Å². The number of aliphatic imine (C=N–C) groups is 1. The molecule has 22 heavy (non-hydrogen) atoms. The Morgan fingerprint density at radius 3 is 2.50 bits per heavy atom. The molecule has 0 aromatic heterocycles. The second-order valence-corrected chi connectivity index (χ2v) is 7.35. The Morgan fingerprint density at radius 2 is 1.91 bits per heavy atom. The first-order valence-corrected chi connectivity index (χ1v) is 8.48. The number of halogens is 1. The highest BCUT2D eigenvalue weighted by Crippen LogP contribution is 2.51. The van der Waals surface area contributed by atoms with E-state index < -0.39 is 0 Å². The van der Waals surface area contributed by atoms with Crippen LogP contribution in [-0.2, 0) is 0 Å². The Labute approximate surface area is 154 Å². The van der Waals surface area contributed by atoms with Crippen LogP contribution in [0.5, 0.6) is 0 Å². The number of guanidine groups is 1. The molecule has 120 valence electrons. The van der Waals surface area contributed by atoms with Gasteiger partial charge in [-0.15, -0.1) is 35.7 Å². The van der Waals surface area contributed by atoms with Crippen LogP contribution in [-0.4, -0.2) is 30.3 Å². The van der Waals surface area contributed by atoms with Crippen LogP contribution in [0.15, 0.2) is 52.4 Å². The largest absolute Gasteiger partial charge is 0.355 e. The lowest BCUT2D eigenvalue weighted by molar-refractivity contribution is 0.630. The molecule has 3 nitrogen and oxygen atoms in total. The molecule has 0 bridgehead atoms. The molecule has 0 atom stereocenters. The van der Waals surface area contributed by atoms with Crippen LogP contribution < -0.4 is 10.6 Å². The van der Waals surface area contributed by atoms with Crippen molar-refractivity contribution in [1.29, 1.82) is 0 Å². The molecule has 0 amide bonds. The maximum absolute atomic E-state index is 4.35. The zero-order valence-corrected chi connectivity index (χ0v) is 16.1. The average molecular weight is 429 g/mol. The van der Waals surface area contributed by atoms with Gasteiger partial charge in [0.05, 0.1) is 0 Å². The fraction of sp³-hybridized carbons (Fsp3) is 0.471. The number of hydrogen-bond acceptors (Lipinski definition) is 2. The van der Waals surface area contributed by atoms with Crippen molar-refractivity contribution in [3.63, 3.8) is 0 Å². The van der Waals surface area contributed by atoms with Crippen LogP contribution >= 0.6 is 35.7 Å². The zero-order valence-electron chi connectivity index (χ0n) is 12.9. The molecule has 0 heterocycles. The van der Waals surface area contributed by atoms with Gasteiger partial charge in [-0.05, 0) is 37.8 Å². The molecule has 1 fully saturated rings. The van der Waals surface area contributed by atoms with Gasteiger partial charge in [0.2, 0.25) is 0 Å². The summed E-state index contributed by atoms with van der Waals surface area (Å²) in [6, 6.07) is 11.2. The van der Waals surface area contributed by atoms with Crippen LogP contribution in [0.3, 0.4) is 0 Å². The molecule has 0 radical (unpaired) electrons. The van der Waals surface area contributed by atoms with E-state index in [2.05, 4.69) is 58.1 Å². The average Bonchev–Trinajstić information content (AvgIpc) is 3.08. The van der Waals surface area contributed by atoms with Crippen molar-refractivity contribution < 1.29 is 0 Å². The van der Waals surface area contributed by atoms with Crippen LogP contribution in [0, 0.1) is 0 Å². The van der Waals surface area contributed by atoms with Crippen molar-refractivity contribution in [1.82, 2.24) is 10.6 Å². The Bertz CT molecular complexity index is 518. The van der Waals surface area contributed by atoms with Crippen molar-refractivity contribution in [2.75, 3.05) is 13.6 Å². The van der Waals surface area contributed by atoms with Crippen LogP contribution in [0.2, 0.25) is 0 Å². The summed E-state index contributed by atoms with van der Waals surface area (Å²) in [5.41, 5.74) is 0. The van der Waals surface area contributed by atoms with Crippen molar-refractivity contribution in [2.45, 2.75) is 41.4 Å². The maximum Gasteiger partial charge on any atom is 0.191 e. The molecule has 3 rings (SSSR count). The van der Waals surface area contributed by atoms with E-state index in [1.165, 1.54) is 17.7 Å². The van der Waals surface area contributed by atoms with E-state index in [4.69, 9.17) is 0 Å². The minimum Gasteiger partial charge on any atom is -0.355 e. The molecule has 1 aromatic carbocycles. The van der Waals surface area contributed by atoms with Gasteiger partial charge in [-0.25, -0.2) is 0 Å². The number of hydrogen-bond donors (Lipinski definition) is 2. The molecule has 0 unspecified atom stereocenters. The van der Waals surface area contributed by atoms with E-state index in [1.807, 2.05) is 18.8 Å². The molecule has 1 saturated carbocycles. The van der Waals surface area contributed by atoms with Crippen molar-refractivity contribution in [2.24, 2.45) is 4.99 Å². The highest BCUT2D eigenvalue weighted by molar-refractivity contribution is 14.0. The quantitative estimate of drug-likeness (QED) is 0.324. The van der Waals surface area contributed by atoms with E-state index in [0.717, 1.165) is 25.3 Å². The first kappa shape index (κ1) is 17.7. The normalized spacial score (nSPS) is 19.6. The van der Waals surface area contributed by atoms with Gasteiger partial charge in [-0.2, -0.15) is 0 Å². The zero-order chi connectivity index (χ0) is 14.5. The number of rotatable bonds is 5. The maximum atomic E-state index is 4.35. The standard InChI is InChI=1S/C17H23N3S.HI/c1-18-16(20-14-7-5-6-8-14)19-13-17(11-12-17)21-15-9-3-2-4-10-15;/h2-6,9-10,14H,7-8,11-13H2,1H3,(H2,18,19,20);1H. The topological polar surface area (TPSA) is 36.4 Å². The van der Waals surface area contributed by atoms with Gasteiger partial charge in [0.15, 0.2) is 5.96 Å². The first-order valence-electron chi connectivity index (χ1n) is 7.66. The minimum absolute atomic E-state index is 0. The number of benzene rings is 1. The summed E-state index contributed by atoms with van der Waals surface area (Å²) in [5, 5.41) is 7.01. The predicted molar refractivity (Wildman–Crippen MR) is 106 cm³/mol. The van der Waals surface area contributed by atoms with Crippen LogP contribution in [0.1, 0.15) is 25.7 Å².